The zero-order valence-corrected chi connectivity index (χ0v) is 17.9. The minimum absolute atomic E-state index is 0.185. The van der Waals surface area contributed by atoms with Crippen molar-refractivity contribution in [2.24, 2.45) is 0 Å². The zero-order valence-electron chi connectivity index (χ0n) is 16.4. The average molecular weight is 468 g/mol. The van der Waals surface area contributed by atoms with Crippen molar-refractivity contribution in [2.75, 3.05) is 5.32 Å². The van der Waals surface area contributed by atoms with Gasteiger partial charge in [-0.2, -0.15) is 5.26 Å². The molecule has 0 atom stereocenters. The molecule has 0 aliphatic heterocycles. The van der Waals surface area contributed by atoms with Crippen molar-refractivity contribution in [2.45, 2.75) is 6.61 Å². The highest BCUT2D eigenvalue weighted by molar-refractivity contribution is 6.37. The van der Waals surface area contributed by atoms with Gasteiger partial charge in [-0.25, -0.2) is 0 Å². The third-order valence-corrected chi connectivity index (χ3v) is 4.80. The molecule has 0 heterocycles. The lowest BCUT2D eigenvalue weighted by atomic mass is 10.1. The molecule has 0 saturated carbocycles. The van der Waals surface area contributed by atoms with Crippen LogP contribution in [0.15, 0.2) is 72.3 Å². The number of carbonyl (C=O) groups is 1. The summed E-state index contributed by atoms with van der Waals surface area (Å²) < 4.78 is 5.71. The molecule has 0 saturated heterocycles. The fourth-order valence-corrected chi connectivity index (χ4v) is 3.35. The molecule has 1 amide bonds. The van der Waals surface area contributed by atoms with Crippen LogP contribution in [0.25, 0.3) is 6.08 Å². The van der Waals surface area contributed by atoms with Crippen LogP contribution >= 0.6 is 23.2 Å². The second-order valence-corrected chi connectivity index (χ2v) is 7.33. The minimum atomic E-state index is -0.732. The van der Waals surface area contributed by atoms with Gasteiger partial charge in [-0.05, 0) is 35.4 Å². The van der Waals surface area contributed by atoms with Gasteiger partial charge in [-0.3, -0.25) is 14.9 Å². The van der Waals surface area contributed by atoms with Crippen molar-refractivity contribution in [3.05, 3.63) is 104 Å². The SMILES string of the molecule is N#C/C(=C\c1cc(Cl)c(OCc2ccccc2)c(Cl)c1)C(=O)Nc1cccc([N+](=O)[O-])c1. The summed E-state index contributed by atoms with van der Waals surface area (Å²) in [6.07, 6.45) is 1.31. The van der Waals surface area contributed by atoms with Crippen LogP contribution in [0.1, 0.15) is 11.1 Å². The van der Waals surface area contributed by atoms with Crippen LogP contribution in [0.2, 0.25) is 10.0 Å². The van der Waals surface area contributed by atoms with Gasteiger partial charge >= 0.3 is 0 Å². The molecule has 0 spiro atoms. The van der Waals surface area contributed by atoms with Crippen molar-refractivity contribution >= 4 is 46.6 Å². The average Bonchev–Trinajstić information content (AvgIpc) is 2.77. The Hall–Kier alpha value is -3.86. The van der Waals surface area contributed by atoms with Crippen molar-refractivity contribution in [3.8, 4) is 11.8 Å². The number of benzene rings is 3. The van der Waals surface area contributed by atoms with Gasteiger partial charge in [0.25, 0.3) is 11.6 Å². The topological polar surface area (TPSA) is 105 Å². The first-order valence-electron chi connectivity index (χ1n) is 9.20. The van der Waals surface area contributed by atoms with Crippen LogP contribution in [0.5, 0.6) is 5.75 Å². The number of anilines is 1. The summed E-state index contributed by atoms with van der Waals surface area (Å²) in [7, 11) is 0. The second kappa shape index (κ2) is 10.4. The Kier molecular flexibility index (Phi) is 7.45. The third-order valence-electron chi connectivity index (χ3n) is 4.24. The quantitative estimate of drug-likeness (QED) is 0.197. The van der Waals surface area contributed by atoms with Crippen LogP contribution in [0, 0.1) is 21.4 Å². The maximum absolute atomic E-state index is 12.5. The lowest BCUT2D eigenvalue weighted by Gasteiger charge is -2.11. The summed E-state index contributed by atoms with van der Waals surface area (Å²) in [5.74, 6) is -0.446. The van der Waals surface area contributed by atoms with Crippen LogP contribution in [0.4, 0.5) is 11.4 Å². The summed E-state index contributed by atoms with van der Waals surface area (Å²) >= 11 is 12.6. The van der Waals surface area contributed by atoms with E-state index in [1.54, 1.807) is 6.07 Å². The Morgan fingerprint density at radius 3 is 2.41 bits per heavy atom. The maximum Gasteiger partial charge on any atom is 0.271 e. The fraction of sp³-hybridized carbons (Fsp3) is 0.0435. The highest BCUT2D eigenvalue weighted by Crippen LogP contribution is 2.35. The Morgan fingerprint density at radius 1 is 1.09 bits per heavy atom. The molecule has 0 aromatic heterocycles. The molecule has 0 bridgehead atoms. The smallest absolute Gasteiger partial charge is 0.271 e. The van der Waals surface area contributed by atoms with Crippen molar-refractivity contribution in [1.29, 1.82) is 5.26 Å². The highest BCUT2D eigenvalue weighted by atomic mass is 35.5. The van der Waals surface area contributed by atoms with E-state index < -0.39 is 10.8 Å². The molecule has 7 nitrogen and oxygen atoms in total. The molecule has 0 radical (unpaired) electrons. The lowest BCUT2D eigenvalue weighted by Crippen LogP contribution is -2.13. The van der Waals surface area contributed by atoms with Gasteiger partial charge in [-0.15, -0.1) is 0 Å². The molecule has 32 heavy (non-hydrogen) atoms. The first-order chi connectivity index (χ1) is 15.4. The highest BCUT2D eigenvalue weighted by Gasteiger charge is 2.14. The maximum atomic E-state index is 12.5. The summed E-state index contributed by atoms with van der Waals surface area (Å²) in [5.41, 5.74) is 1.12. The van der Waals surface area contributed by atoms with Gasteiger partial charge in [-0.1, -0.05) is 59.6 Å². The number of amides is 1. The Labute approximate surface area is 193 Å². The molecule has 3 aromatic carbocycles. The number of nitro groups is 1. The van der Waals surface area contributed by atoms with E-state index in [1.807, 2.05) is 30.3 Å². The van der Waals surface area contributed by atoms with E-state index in [4.69, 9.17) is 27.9 Å². The number of ether oxygens (including phenoxy) is 1. The first-order valence-corrected chi connectivity index (χ1v) is 9.96. The lowest BCUT2D eigenvalue weighted by molar-refractivity contribution is -0.384. The summed E-state index contributed by atoms with van der Waals surface area (Å²) in [4.78, 5) is 22.8. The molecule has 0 aliphatic rings. The van der Waals surface area contributed by atoms with E-state index in [1.165, 1.54) is 42.5 Å². The number of rotatable bonds is 7. The second-order valence-electron chi connectivity index (χ2n) is 6.52. The van der Waals surface area contributed by atoms with Gasteiger partial charge in [0.1, 0.15) is 18.2 Å². The monoisotopic (exact) mass is 467 g/mol. The Balaban J connectivity index is 1.78. The van der Waals surface area contributed by atoms with E-state index in [0.29, 0.717) is 5.56 Å². The Morgan fingerprint density at radius 2 is 1.78 bits per heavy atom. The number of hydrogen-bond donors (Lipinski definition) is 1. The molecule has 0 unspecified atom stereocenters. The number of nitrogens with one attached hydrogen (secondary N) is 1. The number of non-ortho nitro benzene ring substituents is 1. The summed E-state index contributed by atoms with van der Waals surface area (Å²) in [5, 5.41) is 23.2. The van der Waals surface area contributed by atoms with Crippen LogP contribution < -0.4 is 10.1 Å². The predicted molar refractivity (Wildman–Crippen MR) is 123 cm³/mol. The third kappa shape index (κ3) is 5.85. The van der Waals surface area contributed by atoms with E-state index in [9.17, 15) is 20.2 Å². The number of nitrogens with zero attached hydrogens (tertiary/aromatic N) is 2. The molecule has 9 heteroatoms. The molecule has 1 N–H and O–H groups in total. The predicted octanol–water partition coefficient (Wildman–Crippen LogP) is 6.03. The van der Waals surface area contributed by atoms with Crippen LogP contribution in [-0.4, -0.2) is 10.8 Å². The summed E-state index contributed by atoms with van der Waals surface area (Å²) in [6, 6.07) is 19.7. The van der Waals surface area contributed by atoms with E-state index in [0.717, 1.165) is 5.56 Å². The van der Waals surface area contributed by atoms with E-state index in [-0.39, 0.29) is 39.3 Å². The Bertz CT molecular complexity index is 1210. The number of halogens is 2. The zero-order chi connectivity index (χ0) is 23.1. The largest absolute Gasteiger partial charge is 0.486 e. The summed E-state index contributed by atoms with van der Waals surface area (Å²) in [6.45, 7) is 0.268. The van der Waals surface area contributed by atoms with Crippen molar-refractivity contribution in [3.63, 3.8) is 0 Å². The standard InChI is InChI=1S/C23H15Cl2N3O4/c24-20-10-16(11-21(25)22(20)32-14-15-5-2-1-3-6-15)9-17(13-26)23(29)27-18-7-4-8-19(12-18)28(30)31/h1-12H,14H2,(H,27,29)/b17-9+. The molecule has 0 aliphatic carbocycles. The van der Waals surface area contributed by atoms with E-state index >= 15 is 0 Å². The van der Waals surface area contributed by atoms with Gasteiger partial charge in [0.2, 0.25) is 0 Å². The van der Waals surface area contributed by atoms with Gasteiger partial charge in [0.15, 0.2) is 5.75 Å². The van der Waals surface area contributed by atoms with Gasteiger partial charge in [0, 0.05) is 17.8 Å². The van der Waals surface area contributed by atoms with Gasteiger partial charge in [0.05, 0.1) is 15.0 Å². The first kappa shape index (κ1) is 22.8. The number of nitriles is 1. The normalized spacial score (nSPS) is 10.8. The van der Waals surface area contributed by atoms with Gasteiger partial charge < -0.3 is 10.1 Å². The van der Waals surface area contributed by atoms with Crippen LogP contribution in [0.3, 0.4) is 0 Å². The minimum Gasteiger partial charge on any atom is -0.486 e. The fourth-order valence-electron chi connectivity index (χ4n) is 2.74. The molecule has 3 rings (SSSR count). The number of carbonyl (C=O) groups excluding carboxylic acids is 1. The van der Waals surface area contributed by atoms with Crippen molar-refractivity contribution in [1.82, 2.24) is 0 Å². The number of hydrogen-bond acceptors (Lipinski definition) is 5. The number of nitro benzene ring substituents is 1. The molecular formula is C23H15Cl2N3O4. The molecule has 160 valence electrons. The molecule has 0 fully saturated rings. The molecule has 3 aromatic rings. The van der Waals surface area contributed by atoms with Crippen molar-refractivity contribution < 1.29 is 14.5 Å². The molecular weight excluding hydrogens is 453 g/mol. The van der Waals surface area contributed by atoms with Crippen LogP contribution in [-0.2, 0) is 11.4 Å². The van der Waals surface area contributed by atoms with E-state index in [2.05, 4.69) is 5.32 Å².